The molecule has 0 saturated carbocycles. The highest BCUT2D eigenvalue weighted by atomic mass is 35.5. The molecule has 0 saturated heterocycles. The van der Waals surface area contributed by atoms with Gasteiger partial charge in [0.2, 0.25) is 0 Å². The number of halogens is 2. The van der Waals surface area contributed by atoms with E-state index < -0.39 is 5.82 Å². The second kappa shape index (κ2) is 5.61. The molecule has 0 amide bonds. The summed E-state index contributed by atoms with van der Waals surface area (Å²) < 4.78 is 15.6. The Kier molecular flexibility index (Phi) is 3.85. The van der Waals surface area contributed by atoms with E-state index in [-0.39, 0.29) is 5.02 Å². The molecular formula is C13H14ClFN4S. The molecule has 0 spiro atoms. The van der Waals surface area contributed by atoms with Crippen LogP contribution in [-0.4, -0.2) is 14.8 Å². The summed E-state index contributed by atoms with van der Waals surface area (Å²) in [5.41, 5.74) is 6.34. The van der Waals surface area contributed by atoms with Crippen LogP contribution in [0.5, 0.6) is 0 Å². The zero-order valence-corrected chi connectivity index (χ0v) is 12.3. The lowest BCUT2D eigenvalue weighted by molar-refractivity contribution is 0.590. The molecule has 0 unspecified atom stereocenters. The van der Waals surface area contributed by atoms with Crippen LogP contribution in [0.3, 0.4) is 0 Å². The summed E-state index contributed by atoms with van der Waals surface area (Å²) >= 11 is 7.04. The highest BCUT2D eigenvalue weighted by molar-refractivity contribution is 7.99. The molecule has 106 valence electrons. The average molecular weight is 313 g/mol. The number of nitrogens with zero attached hydrogens (tertiary/aromatic N) is 3. The van der Waals surface area contributed by atoms with E-state index in [1.54, 1.807) is 0 Å². The number of aryl methyl sites for hydroxylation is 1. The Bertz CT molecular complexity index is 644. The molecule has 4 nitrogen and oxygen atoms in total. The fraction of sp³-hybridized carbons (Fsp3) is 0.385. The van der Waals surface area contributed by atoms with Gasteiger partial charge in [0.25, 0.3) is 0 Å². The SMILES string of the molecule is Nc1cc(Cl)c(F)cc1Sc1nnc2n1CCCCC2. The summed E-state index contributed by atoms with van der Waals surface area (Å²) in [5, 5.41) is 9.20. The molecule has 0 fully saturated rings. The number of aromatic nitrogens is 3. The van der Waals surface area contributed by atoms with E-state index in [1.807, 2.05) is 0 Å². The zero-order chi connectivity index (χ0) is 14.1. The largest absolute Gasteiger partial charge is 0.398 e. The van der Waals surface area contributed by atoms with Gasteiger partial charge in [-0.1, -0.05) is 18.0 Å². The Morgan fingerprint density at radius 1 is 1.25 bits per heavy atom. The monoisotopic (exact) mass is 312 g/mol. The summed E-state index contributed by atoms with van der Waals surface area (Å²) in [4.78, 5) is 0.617. The van der Waals surface area contributed by atoms with Gasteiger partial charge in [-0.15, -0.1) is 10.2 Å². The maximum absolute atomic E-state index is 13.5. The number of rotatable bonds is 2. The second-order valence-corrected chi connectivity index (χ2v) is 6.18. The molecule has 2 heterocycles. The second-order valence-electron chi connectivity index (χ2n) is 4.77. The minimum absolute atomic E-state index is 0.0342. The van der Waals surface area contributed by atoms with E-state index in [0.717, 1.165) is 36.8 Å². The first kappa shape index (κ1) is 13.7. The Morgan fingerprint density at radius 3 is 2.95 bits per heavy atom. The number of benzene rings is 1. The molecule has 3 rings (SSSR count). The predicted molar refractivity (Wildman–Crippen MR) is 77.5 cm³/mol. The third kappa shape index (κ3) is 2.62. The number of hydrogen-bond donors (Lipinski definition) is 1. The van der Waals surface area contributed by atoms with Crippen LogP contribution < -0.4 is 5.73 Å². The van der Waals surface area contributed by atoms with Crippen molar-refractivity contribution in [3.63, 3.8) is 0 Å². The first-order valence-electron chi connectivity index (χ1n) is 6.49. The normalized spacial score (nSPS) is 14.9. The Balaban J connectivity index is 1.92. The van der Waals surface area contributed by atoms with Crippen LogP contribution in [0, 0.1) is 5.82 Å². The molecule has 0 radical (unpaired) electrons. The van der Waals surface area contributed by atoms with Crippen molar-refractivity contribution in [1.82, 2.24) is 14.8 Å². The highest BCUT2D eigenvalue weighted by Gasteiger charge is 2.17. The lowest BCUT2D eigenvalue weighted by atomic mass is 10.2. The Morgan fingerprint density at radius 2 is 2.10 bits per heavy atom. The molecular weight excluding hydrogens is 299 g/mol. The smallest absolute Gasteiger partial charge is 0.196 e. The van der Waals surface area contributed by atoms with Gasteiger partial charge in [-0.3, -0.25) is 0 Å². The van der Waals surface area contributed by atoms with Crippen molar-refractivity contribution in [3.8, 4) is 0 Å². The molecule has 0 bridgehead atoms. The molecule has 1 aliphatic rings. The van der Waals surface area contributed by atoms with Gasteiger partial charge in [-0.05, 0) is 36.7 Å². The van der Waals surface area contributed by atoms with E-state index in [4.69, 9.17) is 17.3 Å². The van der Waals surface area contributed by atoms with Gasteiger partial charge in [0, 0.05) is 23.5 Å². The number of anilines is 1. The van der Waals surface area contributed by atoms with Crippen LogP contribution in [0.25, 0.3) is 0 Å². The van der Waals surface area contributed by atoms with Gasteiger partial charge in [-0.2, -0.15) is 0 Å². The standard InChI is InChI=1S/C13H14ClFN4S/c14-8-6-10(16)11(7-9(8)15)20-13-18-17-12-4-2-1-3-5-19(12)13/h6-7H,1-5,16H2. The van der Waals surface area contributed by atoms with Crippen molar-refractivity contribution >= 4 is 29.1 Å². The van der Waals surface area contributed by atoms with E-state index >= 15 is 0 Å². The average Bonchev–Trinajstić information content (AvgIpc) is 2.65. The van der Waals surface area contributed by atoms with Crippen LogP contribution in [0.1, 0.15) is 25.1 Å². The minimum atomic E-state index is -0.473. The van der Waals surface area contributed by atoms with E-state index in [9.17, 15) is 4.39 Å². The maximum atomic E-state index is 13.5. The summed E-state index contributed by atoms with van der Waals surface area (Å²) in [6, 6.07) is 2.78. The molecule has 7 heteroatoms. The maximum Gasteiger partial charge on any atom is 0.196 e. The minimum Gasteiger partial charge on any atom is -0.398 e. The highest BCUT2D eigenvalue weighted by Crippen LogP contribution is 2.35. The van der Waals surface area contributed by atoms with E-state index in [1.165, 1.54) is 30.3 Å². The van der Waals surface area contributed by atoms with Crippen molar-refractivity contribution in [2.45, 2.75) is 42.3 Å². The van der Waals surface area contributed by atoms with Crippen LogP contribution in [0.15, 0.2) is 22.2 Å². The van der Waals surface area contributed by atoms with E-state index in [2.05, 4.69) is 14.8 Å². The summed E-state index contributed by atoms with van der Waals surface area (Å²) in [6.45, 7) is 0.903. The Labute approximate surface area is 125 Å². The zero-order valence-electron chi connectivity index (χ0n) is 10.8. The molecule has 2 N–H and O–H groups in total. The third-order valence-corrected chi connectivity index (χ3v) is 4.68. The molecule has 1 aromatic heterocycles. The predicted octanol–water partition coefficient (Wildman–Crippen LogP) is 3.53. The molecule has 0 aliphatic carbocycles. The fourth-order valence-corrected chi connectivity index (χ4v) is 3.36. The summed E-state index contributed by atoms with van der Waals surface area (Å²) in [6.07, 6.45) is 4.40. The first-order valence-corrected chi connectivity index (χ1v) is 7.69. The Hall–Kier alpha value is -1.27. The van der Waals surface area contributed by atoms with Crippen molar-refractivity contribution in [2.75, 3.05) is 5.73 Å². The summed E-state index contributed by atoms with van der Waals surface area (Å²) in [5.74, 6) is 0.525. The molecule has 1 aliphatic heterocycles. The van der Waals surface area contributed by atoms with Crippen molar-refractivity contribution < 1.29 is 4.39 Å². The fourth-order valence-electron chi connectivity index (χ4n) is 2.26. The van der Waals surface area contributed by atoms with Crippen LogP contribution in [0.4, 0.5) is 10.1 Å². The lowest BCUT2D eigenvalue weighted by Crippen LogP contribution is -2.02. The number of nitrogens with two attached hydrogens (primary N) is 1. The first-order chi connectivity index (χ1) is 9.65. The number of hydrogen-bond acceptors (Lipinski definition) is 4. The number of nitrogen functional groups attached to an aromatic ring is 1. The number of fused-ring (bicyclic) bond motifs is 1. The van der Waals surface area contributed by atoms with E-state index in [0.29, 0.717) is 10.6 Å². The molecule has 20 heavy (non-hydrogen) atoms. The van der Waals surface area contributed by atoms with Gasteiger partial charge in [-0.25, -0.2) is 4.39 Å². The molecule has 2 aromatic rings. The lowest BCUT2D eigenvalue weighted by Gasteiger charge is -2.08. The van der Waals surface area contributed by atoms with Gasteiger partial charge >= 0.3 is 0 Å². The van der Waals surface area contributed by atoms with Crippen molar-refractivity contribution in [1.29, 1.82) is 0 Å². The van der Waals surface area contributed by atoms with Crippen molar-refractivity contribution in [3.05, 3.63) is 28.8 Å². The van der Waals surface area contributed by atoms with Gasteiger partial charge in [0.15, 0.2) is 5.16 Å². The van der Waals surface area contributed by atoms with Gasteiger partial charge < -0.3 is 10.3 Å². The quantitative estimate of drug-likeness (QED) is 0.862. The van der Waals surface area contributed by atoms with Crippen LogP contribution in [0.2, 0.25) is 5.02 Å². The summed E-state index contributed by atoms with van der Waals surface area (Å²) in [7, 11) is 0. The van der Waals surface area contributed by atoms with Gasteiger partial charge in [0.05, 0.1) is 5.02 Å². The van der Waals surface area contributed by atoms with Crippen LogP contribution >= 0.6 is 23.4 Å². The topological polar surface area (TPSA) is 56.7 Å². The van der Waals surface area contributed by atoms with Crippen LogP contribution in [-0.2, 0) is 13.0 Å². The third-order valence-electron chi connectivity index (χ3n) is 3.33. The van der Waals surface area contributed by atoms with Gasteiger partial charge in [0.1, 0.15) is 11.6 Å². The molecule has 0 atom stereocenters. The van der Waals surface area contributed by atoms with Crippen molar-refractivity contribution in [2.24, 2.45) is 0 Å². The molecule has 1 aromatic carbocycles.